The first kappa shape index (κ1) is 15.6. The maximum Gasteiger partial charge on any atom is 0.143 e. The zero-order chi connectivity index (χ0) is 15.4. The molecule has 0 fully saturated rings. The summed E-state index contributed by atoms with van der Waals surface area (Å²) in [5.41, 5.74) is 4.18. The summed E-state index contributed by atoms with van der Waals surface area (Å²) >= 11 is 0. The van der Waals surface area contributed by atoms with Gasteiger partial charge < -0.3 is 19.7 Å². The molecule has 0 radical (unpaired) electrons. The van der Waals surface area contributed by atoms with E-state index in [1.54, 1.807) is 7.11 Å². The lowest BCUT2D eigenvalue weighted by atomic mass is 9.99. The number of hydrogen-bond acceptors (Lipinski definition) is 4. The predicted octanol–water partition coefficient (Wildman–Crippen LogP) is 2.39. The lowest BCUT2D eigenvalue weighted by molar-refractivity contribution is 0.169. The number of ether oxygens (including phenoxy) is 2. The lowest BCUT2D eigenvalue weighted by Crippen LogP contribution is -2.41. The lowest BCUT2D eigenvalue weighted by Gasteiger charge is -2.37. The van der Waals surface area contributed by atoms with E-state index >= 15 is 0 Å². The third-order valence-corrected chi connectivity index (χ3v) is 4.66. The Bertz CT molecular complexity index is 504. The highest BCUT2D eigenvalue weighted by atomic mass is 16.5. The summed E-state index contributed by atoms with van der Waals surface area (Å²) in [7, 11) is 1.77. The van der Waals surface area contributed by atoms with E-state index in [0.29, 0.717) is 6.10 Å². The quantitative estimate of drug-likeness (QED) is 0.905. The summed E-state index contributed by atoms with van der Waals surface area (Å²) in [4.78, 5) is 2.45. The molecule has 0 saturated carbocycles. The first-order valence-corrected chi connectivity index (χ1v) is 8.59. The molecular formula is C18H28N2O2. The molecule has 0 amide bonds. The Balaban J connectivity index is 1.90. The van der Waals surface area contributed by atoms with Crippen molar-refractivity contribution in [3.63, 3.8) is 0 Å². The van der Waals surface area contributed by atoms with Crippen molar-refractivity contribution >= 4 is 5.69 Å². The van der Waals surface area contributed by atoms with E-state index in [1.807, 2.05) is 0 Å². The predicted molar refractivity (Wildman–Crippen MR) is 90.1 cm³/mol. The van der Waals surface area contributed by atoms with Crippen molar-refractivity contribution in [3.05, 3.63) is 23.3 Å². The minimum atomic E-state index is 0.302. The fourth-order valence-electron chi connectivity index (χ4n) is 3.48. The van der Waals surface area contributed by atoms with Gasteiger partial charge in [0.15, 0.2) is 0 Å². The van der Waals surface area contributed by atoms with Crippen LogP contribution in [-0.4, -0.2) is 46.0 Å². The van der Waals surface area contributed by atoms with Crippen LogP contribution in [-0.2, 0) is 17.6 Å². The molecule has 22 heavy (non-hydrogen) atoms. The van der Waals surface area contributed by atoms with E-state index in [-0.39, 0.29) is 0 Å². The third kappa shape index (κ3) is 3.39. The number of nitrogens with zero attached hydrogens (tertiary/aromatic N) is 1. The highest BCUT2D eigenvalue weighted by Crippen LogP contribution is 2.37. The third-order valence-electron chi connectivity index (χ3n) is 4.66. The number of hydrogen-bond donors (Lipinski definition) is 1. The maximum absolute atomic E-state index is 6.29. The minimum absolute atomic E-state index is 0.302. The normalized spacial score (nSPS) is 20.8. The van der Waals surface area contributed by atoms with E-state index in [1.165, 1.54) is 16.8 Å². The van der Waals surface area contributed by atoms with Crippen LogP contribution in [0.5, 0.6) is 5.75 Å². The van der Waals surface area contributed by atoms with Crippen LogP contribution in [0.1, 0.15) is 30.9 Å². The van der Waals surface area contributed by atoms with Gasteiger partial charge in [0.25, 0.3) is 0 Å². The van der Waals surface area contributed by atoms with Crippen molar-refractivity contribution in [1.29, 1.82) is 0 Å². The zero-order valence-electron chi connectivity index (χ0n) is 13.9. The molecule has 0 bridgehead atoms. The molecule has 2 aliphatic rings. The molecular weight excluding hydrogens is 276 g/mol. The number of methoxy groups -OCH3 is 1. The molecule has 1 aromatic carbocycles. The van der Waals surface area contributed by atoms with Crippen molar-refractivity contribution in [1.82, 2.24) is 5.32 Å². The Morgan fingerprint density at radius 2 is 2.05 bits per heavy atom. The molecule has 4 nitrogen and oxygen atoms in total. The van der Waals surface area contributed by atoms with E-state index in [0.717, 1.165) is 64.2 Å². The topological polar surface area (TPSA) is 33.7 Å². The fourth-order valence-corrected chi connectivity index (χ4v) is 3.48. The first-order chi connectivity index (χ1) is 10.8. The Labute approximate surface area is 133 Å². The fraction of sp³-hybridized carbons (Fsp3) is 0.667. The van der Waals surface area contributed by atoms with Crippen LogP contribution in [0.15, 0.2) is 12.1 Å². The molecule has 2 aliphatic heterocycles. The van der Waals surface area contributed by atoms with Crippen molar-refractivity contribution in [2.24, 2.45) is 0 Å². The van der Waals surface area contributed by atoms with Crippen molar-refractivity contribution in [2.45, 2.75) is 38.7 Å². The van der Waals surface area contributed by atoms with Gasteiger partial charge in [-0.25, -0.2) is 0 Å². The summed E-state index contributed by atoms with van der Waals surface area (Å²) in [6.45, 7) is 7.03. The van der Waals surface area contributed by atoms with Crippen LogP contribution in [0.2, 0.25) is 0 Å². The largest absolute Gasteiger partial charge is 0.486 e. The van der Waals surface area contributed by atoms with Crippen LogP contribution in [0.3, 0.4) is 0 Å². The van der Waals surface area contributed by atoms with Gasteiger partial charge in [0.05, 0.1) is 18.8 Å². The van der Waals surface area contributed by atoms with Crippen LogP contribution < -0.4 is 15.0 Å². The number of benzene rings is 1. The average Bonchev–Trinajstić information content (AvgIpc) is 2.75. The van der Waals surface area contributed by atoms with Gasteiger partial charge in [-0.1, -0.05) is 13.3 Å². The summed E-state index contributed by atoms with van der Waals surface area (Å²) in [6.07, 6.45) is 4.78. The maximum atomic E-state index is 6.29. The van der Waals surface area contributed by atoms with Crippen molar-refractivity contribution < 1.29 is 9.47 Å². The van der Waals surface area contributed by atoms with E-state index in [4.69, 9.17) is 9.47 Å². The molecule has 3 rings (SSSR count). The molecule has 1 aromatic rings. The Morgan fingerprint density at radius 3 is 2.77 bits per heavy atom. The smallest absolute Gasteiger partial charge is 0.143 e. The Hall–Kier alpha value is -1.26. The molecule has 4 heteroatoms. The van der Waals surface area contributed by atoms with Gasteiger partial charge in [0, 0.05) is 13.7 Å². The highest BCUT2D eigenvalue weighted by molar-refractivity contribution is 5.64. The molecule has 122 valence electrons. The summed E-state index contributed by atoms with van der Waals surface area (Å²) in [5, 5.41) is 3.48. The second-order valence-electron chi connectivity index (χ2n) is 6.31. The average molecular weight is 304 g/mol. The Kier molecular flexibility index (Phi) is 5.21. The molecule has 1 N–H and O–H groups in total. The van der Waals surface area contributed by atoms with Gasteiger partial charge in [-0.3, -0.25) is 0 Å². The second kappa shape index (κ2) is 7.34. The first-order valence-electron chi connectivity index (χ1n) is 8.59. The highest BCUT2D eigenvalue weighted by Gasteiger charge is 2.26. The van der Waals surface area contributed by atoms with Gasteiger partial charge in [-0.05, 0) is 55.6 Å². The van der Waals surface area contributed by atoms with Crippen molar-refractivity contribution in [2.75, 3.05) is 44.8 Å². The van der Waals surface area contributed by atoms with Crippen LogP contribution in [0, 0.1) is 0 Å². The molecule has 1 atom stereocenters. The molecule has 0 aromatic heterocycles. The van der Waals surface area contributed by atoms with Crippen LogP contribution in [0.4, 0.5) is 5.69 Å². The number of anilines is 1. The number of rotatable bonds is 5. The SMILES string of the molecule is CCCC1CN(CCOC)c2cc3c(cc2O1)CCNCC3. The summed E-state index contributed by atoms with van der Waals surface area (Å²) in [5.74, 6) is 1.07. The van der Waals surface area contributed by atoms with Gasteiger partial charge in [0.2, 0.25) is 0 Å². The summed E-state index contributed by atoms with van der Waals surface area (Å²) in [6, 6.07) is 4.65. The number of nitrogens with one attached hydrogen (secondary N) is 1. The minimum Gasteiger partial charge on any atom is -0.486 e. The van der Waals surface area contributed by atoms with E-state index in [2.05, 4.69) is 29.3 Å². The second-order valence-corrected chi connectivity index (χ2v) is 6.31. The van der Waals surface area contributed by atoms with Crippen molar-refractivity contribution in [3.8, 4) is 5.75 Å². The Morgan fingerprint density at radius 1 is 1.27 bits per heavy atom. The summed E-state index contributed by atoms with van der Waals surface area (Å²) < 4.78 is 11.6. The molecule has 2 heterocycles. The van der Waals surface area contributed by atoms with E-state index in [9.17, 15) is 0 Å². The number of fused-ring (bicyclic) bond motifs is 2. The zero-order valence-corrected chi connectivity index (χ0v) is 13.9. The molecule has 0 aliphatic carbocycles. The molecule has 1 unspecified atom stereocenters. The molecule has 0 spiro atoms. The van der Waals surface area contributed by atoms with Gasteiger partial charge in [0.1, 0.15) is 11.9 Å². The monoisotopic (exact) mass is 304 g/mol. The molecule has 0 saturated heterocycles. The van der Waals surface area contributed by atoms with Gasteiger partial charge >= 0.3 is 0 Å². The van der Waals surface area contributed by atoms with Crippen LogP contribution in [0.25, 0.3) is 0 Å². The van der Waals surface area contributed by atoms with Gasteiger partial charge in [-0.15, -0.1) is 0 Å². The standard InChI is InChI=1S/C18H28N2O2/c1-3-4-16-13-20(9-10-21-2)17-11-14-5-7-19-8-6-15(14)12-18(17)22-16/h11-12,16,19H,3-10,13H2,1-2H3. The van der Waals surface area contributed by atoms with Crippen LogP contribution >= 0.6 is 0 Å². The van der Waals surface area contributed by atoms with E-state index < -0.39 is 0 Å². The van der Waals surface area contributed by atoms with Gasteiger partial charge in [-0.2, -0.15) is 0 Å².